The first-order valence-electron chi connectivity index (χ1n) is 3.05. The fraction of sp³-hybridized carbons (Fsp3) is 0.667. The van der Waals surface area contributed by atoms with E-state index in [0.29, 0.717) is 11.5 Å². The zero-order valence-corrected chi connectivity index (χ0v) is 8.42. The Morgan fingerprint density at radius 2 is 1.73 bits per heavy atom. The third-order valence-corrected chi connectivity index (χ3v) is 3.45. The Bertz CT molecular complexity index is 191. The standard InChI is InChI=1S/C6H6Cl4O/c7-2-1-3(8)6(11)5(10)4(2)9/h2-3,6,11H,1H2. The summed E-state index contributed by atoms with van der Waals surface area (Å²) in [5.41, 5.74) is 0. The van der Waals surface area contributed by atoms with E-state index in [-0.39, 0.29) is 10.4 Å². The van der Waals surface area contributed by atoms with Crippen LogP contribution in [0.4, 0.5) is 0 Å². The van der Waals surface area contributed by atoms with Gasteiger partial charge in [-0.3, -0.25) is 0 Å². The Balaban J connectivity index is 2.89. The molecule has 0 aromatic carbocycles. The molecule has 0 saturated carbocycles. The molecule has 0 spiro atoms. The molecule has 0 aliphatic heterocycles. The van der Waals surface area contributed by atoms with E-state index in [2.05, 4.69) is 0 Å². The van der Waals surface area contributed by atoms with Crippen molar-refractivity contribution in [1.29, 1.82) is 0 Å². The summed E-state index contributed by atoms with van der Waals surface area (Å²) in [6.07, 6.45) is -0.430. The summed E-state index contributed by atoms with van der Waals surface area (Å²) in [5, 5.41) is 8.93. The van der Waals surface area contributed by atoms with E-state index in [1.54, 1.807) is 0 Å². The van der Waals surface area contributed by atoms with Gasteiger partial charge in [0.25, 0.3) is 0 Å². The van der Waals surface area contributed by atoms with Crippen molar-refractivity contribution in [2.75, 3.05) is 0 Å². The topological polar surface area (TPSA) is 20.2 Å². The minimum Gasteiger partial charge on any atom is -0.386 e. The summed E-state index contributed by atoms with van der Waals surface area (Å²) in [4.78, 5) is 0. The molecule has 0 fully saturated rings. The third kappa shape index (κ3) is 1.96. The largest absolute Gasteiger partial charge is 0.386 e. The highest BCUT2D eigenvalue weighted by Gasteiger charge is 2.32. The van der Waals surface area contributed by atoms with Gasteiger partial charge in [0.2, 0.25) is 0 Å². The Morgan fingerprint density at radius 3 is 2.27 bits per heavy atom. The molecule has 1 nitrogen and oxygen atoms in total. The van der Waals surface area contributed by atoms with Gasteiger partial charge in [-0.1, -0.05) is 23.2 Å². The minimum absolute atomic E-state index is 0.165. The third-order valence-electron chi connectivity index (χ3n) is 1.54. The molecule has 3 unspecified atom stereocenters. The smallest absolute Gasteiger partial charge is 0.107 e. The molecule has 0 saturated heterocycles. The van der Waals surface area contributed by atoms with Gasteiger partial charge in [-0.15, -0.1) is 23.2 Å². The van der Waals surface area contributed by atoms with E-state index in [4.69, 9.17) is 46.4 Å². The predicted octanol–water partition coefficient (Wildman–Crippen LogP) is 2.66. The van der Waals surface area contributed by atoms with Crippen LogP contribution in [-0.2, 0) is 0 Å². The molecule has 1 rings (SSSR count). The van der Waals surface area contributed by atoms with Gasteiger partial charge in [0.05, 0.1) is 20.8 Å². The fourth-order valence-electron chi connectivity index (χ4n) is 0.880. The lowest BCUT2D eigenvalue weighted by molar-refractivity contribution is 0.203. The van der Waals surface area contributed by atoms with Gasteiger partial charge in [-0.05, 0) is 6.42 Å². The summed E-state index contributed by atoms with van der Waals surface area (Å²) >= 11 is 22.8. The van der Waals surface area contributed by atoms with Crippen molar-refractivity contribution in [3.8, 4) is 0 Å². The van der Waals surface area contributed by atoms with Gasteiger partial charge in [0, 0.05) is 0 Å². The van der Waals surface area contributed by atoms with Gasteiger partial charge < -0.3 is 5.11 Å². The van der Waals surface area contributed by atoms with Crippen LogP contribution < -0.4 is 0 Å². The lowest BCUT2D eigenvalue weighted by atomic mass is 10.0. The van der Waals surface area contributed by atoms with Crippen LogP contribution in [0.15, 0.2) is 10.1 Å². The monoisotopic (exact) mass is 234 g/mol. The Labute approximate surface area is 84.9 Å². The van der Waals surface area contributed by atoms with E-state index in [9.17, 15) is 5.11 Å². The molecule has 0 radical (unpaired) electrons. The molecule has 0 heterocycles. The van der Waals surface area contributed by atoms with E-state index < -0.39 is 11.5 Å². The molecular weight excluding hydrogens is 230 g/mol. The van der Waals surface area contributed by atoms with Crippen molar-refractivity contribution in [3.05, 3.63) is 10.1 Å². The van der Waals surface area contributed by atoms with Crippen molar-refractivity contribution >= 4 is 46.4 Å². The summed E-state index contributed by atoms with van der Waals surface area (Å²) < 4.78 is 0. The SMILES string of the molecule is OC1C(Cl)=C(Cl)C(Cl)CC1Cl. The zero-order valence-electron chi connectivity index (χ0n) is 5.40. The number of halogens is 4. The highest BCUT2D eigenvalue weighted by Crippen LogP contribution is 2.36. The predicted molar refractivity (Wildman–Crippen MR) is 48.6 cm³/mol. The summed E-state index contributed by atoms with van der Waals surface area (Å²) in [5.74, 6) is 0. The van der Waals surface area contributed by atoms with E-state index in [0.717, 1.165) is 0 Å². The van der Waals surface area contributed by atoms with Crippen molar-refractivity contribution < 1.29 is 5.11 Å². The summed E-state index contributed by atoms with van der Waals surface area (Å²) in [7, 11) is 0. The molecule has 11 heavy (non-hydrogen) atoms. The second-order valence-electron chi connectivity index (χ2n) is 2.36. The Morgan fingerprint density at radius 1 is 1.18 bits per heavy atom. The van der Waals surface area contributed by atoms with Gasteiger partial charge >= 0.3 is 0 Å². The maximum absolute atomic E-state index is 9.27. The van der Waals surface area contributed by atoms with Crippen LogP contribution in [0, 0.1) is 0 Å². The molecule has 64 valence electrons. The highest BCUT2D eigenvalue weighted by atomic mass is 35.5. The van der Waals surface area contributed by atoms with Crippen LogP contribution in [0.5, 0.6) is 0 Å². The zero-order chi connectivity index (χ0) is 8.59. The van der Waals surface area contributed by atoms with Crippen LogP contribution in [-0.4, -0.2) is 22.0 Å². The Kier molecular flexibility index (Phi) is 3.36. The molecular formula is C6H6Cl4O. The molecule has 5 heteroatoms. The van der Waals surface area contributed by atoms with Gasteiger partial charge in [0.15, 0.2) is 0 Å². The summed E-state index contributed by atoms with van der Waals surface area (Å²) in [6.45, 7) is 0. The van der Waals surface area contributed by atoms with Crippen molar-refractivity contribution in [2.24, 2.45) is 0 Å². The van der Waals surface area contributed by atoms with Crippen molar-refractivity contribution in [1.82, 2.24) is 0 Å². The quantitative estimate of drug-likeness (QED) is 0.641. The Hall–Kier alpha value is 0.860. The maximum Gasteiger partial charge on any atom is 0.107 e. The molecule has 0 amide bonds. The number of rotatable bonds is 0. The van der Waals surface area contributed by atoms with Crippen LogP contribution >= 0.6 is 46.4 Å². The number of aliphatic hydroxyl groups excluding tert-OH is 1. The number of allylic oxidation sites excluding steroid dienone is 1. The lowest BCUT2D eigenvalue weighted by Crippen LogP contribution is -2.30. The van der Waals surface area contributed by atoms with E-state index in [1.807, 2.05) is 0 Å². The van der Waals surface area contributed by atoms with Gasteiger partial charge in [0.1, 0.15) is 6.10 Å². The van der Waals surface area contributed by atoms with Crippen LogP contribution in [0.2, 0.25) is 0 Å². The number of hydrogen-bond acceptors (Lipinski definition) is 1. The molecule has 1 aliphatic rings. The van der Waals surface area contributed by atoms with E-state index in [1.165, 1.54) is 0 Å². The second-order valence-corrected chi connectivity index (χ2v) is 4.26. The number of aliphatic hydroxyl groups is 1. The lowest BCUT2D eigenvalue weighted by Gasteiger charge is -2.25. The molecule has 1 aliphatic carbocycles. The average Bonchev–Trinajstić information content (AvgIpc) is 1.97. The van der Waals surface area contributed by atoms with Gasteiger partial charge in [-0.25, -0.2) is 0 Å². The van der Waals surface area contributed by atoms with Crippen LogP contribution in [0.25, 0.3) is 0 Å². The number of hydrogen-bond donors (Lipinski definition) is 1. The number of alkyl halides is 2. The molecule has 0 aromatic rings. The van der Waals surface area contributed by atoms with Crippen molar-refractivity contribution in [3.63, 3.8) is 0 Å². The molecule has 1 N–H and O–H groups in total. The van der Waals surface area contributed by atoms with Crippen LogP contribution in [0.3, 0.4) is 0 Å². The molecule has 0 aromatic heterocycles. The van der Waals surface area contributed by atoms with E-state index >= 15 is 0 Å². The fourth-order valence-corrected chi connectivity index (χ4v) is 2.19. The minimum atomic E-state index is -0.874. The van der Waals surface area contributed by atoms with Crippen LogP contribution in [0.1, 0.15) is 6.42 Å². The first-order chi connectivity index (χ1) is 5.04. The average molecular weight is 236 g/mol. The maximum atomic E-state index is 9.27. The van der Waals surface area contributed by atoms with Gasteiger partial charge in [-0.2, -0.15) is 0 Å². The van der Waals surface area contributed by atoms with Crippen molar-refractivity contribution in [2.45, 2.75) is 23.3 Å². The summed E-state index contributed by atoms with van der Waals surface area (Å²) in [6, 6.07) is 0. The first kappa shape index (κ1) is 9.94. The highest BCUT2D eigenvalue weighted by molar-refractivity contribution is 6.44. The molecule has 3 atom stereocenters. The normalized spacial score (nSPS) is 39.5. The first-order valence-corrected chi connectivity index (χ1v) is 4.68. The second kappa shape index (κ2) is 3.71. The molecule has 0 bridgehead atoms.